The fourth-order valence-electron chi connectivity index (χ4n) is 0.696. The van der Waals surface area contributed by atoms with Crippen LogP contribution in [0.25, 0.3) is 0 Å². The lowest BCUT2D eigenvalue weighted by Gasteiger charge is -2.29. The van der Waals surface area contributed by atoms with E-state index in [-0.39, 0.29) is 0 Å². The van der Waals surface area contributed by atoms with E-state index in [1.165, 1.54) is 0 Å². The molecule has 0 aliphatic rings. The van der Waals surface area contributed by atoms with Crippen LogP contribution in [0.1, 0.15) is 6.42 Å². The average molecular weight is 244 g/mol. The van der Waals surface area contributed by atoms with E-state index in [1.807, 2.05) is 0 Å². The summed E-state index contributed by atoms with van der Waals surface area (Å²) in [4.78, 5) is 0. The molecular weight excluding hydrogens is 237 g/mol. The molecule has 15 heavy (non-hydrogen) atoms. The number of rotatable bonds is 4. The molecule has 2 N–H and O–H groups in total. The molecule has 0 aromatic carbocycles. The Morgan fingerprint density at radius 2 is 1.33 bits per heavy atom. The summed E-state index contributed by atoms with van der Waals surface area (Å²) in [5, 5.41) is 16.4. The Kier molecular flexibility index (Phi) is 3.97. The minimum absolute atomic E-state index is 1.33. The Morgan fingerprint density at radius 3 is 1.60 bits per heavy atom. The predicted molar refractivity (Wildman–Crippen MR) is 33.7 cm³/mol. The molecule has 0 heterocycles. The van der Waals surface area contributed by atoms with Crippen LogP contribution in [0, 0.1) is 0 Å². The van der Waals surface area contributed by atoms with E-state index < -0.39 is 37.2 Å². The van der Waals surface area contributed by atoms with E-state index in [0.717, 1.165) is 0 Å². The minimum atomic E-state index is -6.41. The van der Waals surface area contributed by atoms with Crippen LogP contribution in [0.3, 0.4) is 0 Å². The van der Waals surface area contributed by atoms with Gasteiger partial charge in [0.15, 0.2) is 0 Å². The van der Waals surface area contributed by atoms with E-state index >= 15 is 0 Å². The SMILES string of the molecule is OC[C@H](O)CC(F)(F)C(F)(F)C(F)(F)F. The van der Waals surface area contributed by atoms with Crippen LogP contribution < -0.4 is 0 Å². The first-order valence-electron chi connectivity index (χ1n) is 3.57. The molecule has 0 bridgehead atoms. The summed E-state index contributed by atoms with van der Waals surface area (Å²) >= 11 is 0. The van der Waals surface area contributed by atoms with Crippen molar-refractivity contribution in [3.05, 3.63) is 0 Å². The highest BCUT2D eigenvalue weighted by Gasteiger charge is 2.72. The van der Waals surface area contributed by atoms with Gasteiger partial charge < -0.3 is 10.2 Å². The first kappa shape index (κ1) is 14.4. The fraction of sp³-hybridized carbons (Fsp3) is 1.00. The third-order valence-corrected chi connectivity index (χ3v) is 1.52. The molecular formula is C6H7F7O2. The van der Waals surface area contributed by atoms with Crippen molar-refractivity contribution in [3.63, 3.8) is 0 Å². The van der Waals surface area contributed by atoms with Gasteiger partial charge in [0.05, 0.1) is 12.7 Å². The quantitative estimate of drug-likeness (QED) is 0.737. The smallest absolute Gasteiger partial charge is 0.394 e. The molecule has 0 rings (SSSR count). The van der Waals surface area contributed by atoms with Crippen molar-refractivity contribution in [2.75, 3.05) is 6.61 Å². The van der Waals surface area contributed by atoms with E-state index in [1.54, 1.807) is 0 Å². The van der Waals surface area contributed by atoms with E-state index in [2.05, 4.69) is 0 Å². The molecule has 0 aromatic heterocycles. The highest BCUT2D eigenvalue weighted by molar-refractivity contribution is 4.92. The molecule has 0 spiro atoms. The minimum Gasteiger partial charge on any atom is -0.394 e. The summed E-state index contributed by atoms with van der Waals surface area (Å²) in [6.45, 7) is -1.33. The highest BCUT2D eigenvalue weighted by Crippen LogP contribution is 2.48. The third kappa shape index (κ3) is 2.94. The van der Waals surface area contributed by atoms with Gasteiger partial charge in [0, 0.05) is 6.42 Å². The second-order valence-electron chi connectivity index (χ2n) is 2.82. The number of hydrogen-bond acceptors (Lipinski definition) is 2. The number of aliphatic hydroxyl groups is 2. The molecule has 0 saturated heterocycles. The average Bonchev–Trinajstić information content (AvgIpc) is 2.00. The van der Waals surface area contributed by atoms with Gasteiger partial charge in [-0.1, -0.05) is 0 Å². The van der Waals surface area contributed by atoms with Crippen molar-refractivity contribution in [2.45, 2.75) is 30.5 Å². The molecule has 0 radical (unpaired) electrons. The summed E-state index contributed by atoms with van der Waals surface area (Å²) < 4.78 is 83.6. The zero-order chi connectivity index (χ0) is 12.5. The second-order valence-corrected chi connectivity index (χ2v) is 2.82. The van der Waals surface area contributed by atoms with Crippen molar-refractivity contribution in [1.82, 2.24) is 0 Å². The van der Waals surface area contributed by atoms with Crippen LogP contribution in [-0.4, -0.2) is 40.9 Å². The Morgan fingerprint density at radius 1 is 0.933 bits per heavy atom. The lowest BCUT2D eigenvalue weighted by Crippen LogP contribution is -2.53. The standard InChI is InChI=1S/C6H7F7O2/c7-4(8,1-3(15)2-14)5(9,10)6(11,12)13/h3,14-15H,1-2H2/t3-/m1/s1. The zero-order valence-corrected chi connectivity index (χ0v) is 7.03. The molecule has 92 valence electrons. The Bertz CT molecular complexity index is 212. The van der Waals surface area contributed by atoms with Crippen LogP contribution in [0.15, 0.2) is 0 Å². The maximum absolute atomic E-state index is 12.4. The van der Waals surface area contributed by atoms with Gasteiger partial charge in [-0.3, -0.25) is 0 Å². The van der Waals surface area contributed by atoms with Gasteiger partial charge >= 0.3 is 18.0 Å². The van der Waals surface area contributed by atoms with E-state index in [4.69, 9.17) is 10.2 Å². The molecule has 0 amide bonds. The summed E-state index contributed by atoms with van der Waals surface area (Å²) in [7, 11) is 0. The first-order chi connectivity index (χ1) is 6.45. The summed E-state index contributed by atoms with van der Waals surface area (Å²) in [6.07, 6.45) is -10.9. The van der Waals surface area contributed by atoms with Crippen molar-refractivity contribution in [1.29, 1.82) is 0 Å². The molecule has 0 aromatic rings. The lowest BCUT2D eigenvalue weighted by atomic mass is 10.0. The number of hydrogen-bond donors (Lipinski definition) is 2. The van der Waals surface area contributed by atoms with Gasteiger partial charge in [0.1, 0.15) is 0 Å². The van der Waals surface area contributed by atoms with E-state index in [9.17, 15) is 30.7 Å². The summed E-state index contributed by atoms with van der Waals surface area (Å²) in [6, 6.07) is 0. The van der Waals surface area contributed by atoms with Crippen molar-refractivity contribution in [3.8, 4) is 0 Å². The number of alkyl halides is 7. The van der Waals surface area contributed by atoms with Crippen LogP contribution in [0.4, 0.5) is 30.7 Å². The van der Waals surface area contributed by atoms with E-state index in [0.29, 0.717) is 0 Å². The topological polar surface area (TPSA) is 40.5 Å². The van der Waals surface area contributed by atoms with Gasteiger partial charge in [-0.15, -0.1) is 0 Å². The van der Waals surface area contributed by atoms with Crippen LogP contribution in [-0.2, 0) is 0 Å². The summed E-state index contributed by atoms with van der Waals surface area (Å²) in [5.74, 6) is -11.7. The summed E-state index contributed by atoms with van der Waals surface area (Å²) in [5.41, 5.74) is 0. The Labute approximate surface area is 79.3 Å². The van der Waals surface area contributed by atoms with Crippen LogP contribution in [0.5, 0.6) is 0 Å². The molecule has 2 nitrogen and oxygen atoms in total. The predicted octanol–water partition coefficient (Wildman–Crippen LogP) is 1.56. The second kappa shape index (κ2) is 4.12. The molecule has 0 aliphatic heterocycles. The lowest BCUT2D eigenvalue weighted by molar-refractivity contribution is -0.358. The zero-order valence-electron chi connectivity index (χ0n) is 7.03. The maximum Gasteiger partial charge on any atom is 0.459 e. The molecule has 0 aliphatic carbocycles. The van der Waals surface area contributed by atoms with Gasteiger partial charge in [-0.2, -0.15) is 30.7 Å². The number of aliphatic hydroxyl groups excluding tert-OH is 2. The molecule has 0 fully saturated rings. The van der Waals surface area contributed by atoms with Gasteiger partial charge in [-0.25, -0.2) is 0 Å². The van der Waals surface area contributed by atoms with Crippen LogP contribution in [0.2, 0.25) is 0 Å². The number of halogens is 7. The molecule has 0 saturated carbocycles. The fourth-order valence-corrected chi connectivity index (χ4v) is 0.696. The Hall–Kier alpha value is -0.570. The molecule has 0 unspecified atom stereocenters. The van der Waals surface area contributed by atoms with Gasteiger partial charge in [0.2, 0.25) is 0 Å². The largest absolute Gasteiger partial charge is 0.459 e. The monoisotopic (exact) mass is 244 g/mol. The third-order valence-electron chi connectivity index (χ3n) is 1.52. The van der Waals surface area contributed by atoms with Crippen molar-refractivity contribution in [2.24, 2.45) is 0 Å². The maximum atomic E-state index is 12.4. The molecule has 9 heteroatoms. The van der Waals surface area contributed by atoms with Crippen LogP contribution >= 0.6 is 0 Å². The highest BCUT2D eigenvalue weighted by atomic mass is 19.4. The molecule has 1 atom stereocenters. The van der Waals surface area contributed by atoms with Gasteiger partial charge in [-0.05, 0) is 0 Å². The van der Waals surface area contributed by atoms with Crippen molar-refractivity contribution >= 4 is 0 Å². The van der Waals surface area contributed by atoms with Crippen molar-refractivity contribution < 1.29 is 40.9 Å². The normalized spacial score (nSPS) is 16.6. The Balaban J connectivity index is 4.85. The first-order valence-corrected chi connectivity index (χ1v) is 3.57. The van der Waals surface area contributed by atoms with Gasteiger partial charge in [0.25, 0.3) is 0 Å².